The number of carbonyl (C=O) groups excluding carboxylic acids is 1. The Morgan fingerprint density at radius 1 is 1.64 bits per heavy atom. The van der Waals surface area contributed by atoms with Gasteiger partial charge in [0.15, 0.2) is 17.0 Å². The van der Waals surface area contributed by atoms with Crippen LogP contribution in [0, 0.1) is 12.3 Å². The minimum Gasteiger partial charge on any atom is -0.343 e. The highest BCUT2D eigenvalue weighted by molar-refractivity contribution is 7.73. The molecule has 3 unspecified atom stereocenters. The normalized spacial score (nSPS) is 28.6. The van der Waals surface area contributed by atoms with Crippen molar-refractivity contribution in [3.05, 3.63) is 0 Å². The fourth-order valence-corrected chi connectivity index (χ4v) is 1.66. The van der Waals surface area contributed by atoms with Gasteiger partial charge in [0.05, 0.1) is 12.7 Å². The average Bonchev–Trinajstić information content (AvgIpc) is 2.61. The van der Waals surface area contributed by atoms with E-state index in [1.54, 1.807) is 0 Å². The predicted octanol–water partition coefficient (Wildman–Crippen LogP) is -1.07. The molecule has 1 fully saturated rings. The van der Waals surface area contributed by atoms with Crippen LogP contribution in [0.25, 0.3) is 0 Å². The average molecular weight is 218 g/mol. The first-order valence-corrected chi connectivity index (χ1v) is 5.24. The molecule has 0 aliphatic carbocycles. The SMILES string of the molecule is C#CC(CC1COC(C=O)O1)[SH](=O)=O. The zero-order chi connectivity index (χ0) is 10.6. The third-order valence-electron chi connectivity index (χ3n) is 1.82. The smallest absolute Gasteiger partial charge is 0.215 e. The van der Waals surface area contributed by atoms with Gasteiger partial charge in [0.25, 0.3) is 0 Å². The number of aldehydes is 1. The Morgan fingerprint density at radius 2 is 2.36 bits per heavy atom. The van der Waals surface area contributed by atoms with Crippen molar-refractivity contribution >= 4 is 17.0 Å². The summed E-state index contributed by atoms with van der Waals surface area (Å²) in [5.41, 5.74) is 0. The van der Waals surface area contributed by atoms with Crippen LogP contribution in [0.5, 0.6) is 0 Å². The van der Waals surface area contributed by atoms with Crippen molar-refractivity contribution in [1.29, 1.82) is 0 Å². The number of carbonyl (C=O) groups is 1. The van der Waals surface area contributed by atoms with E-state index in [-0.39, 0.29) is 13.0 Å². The highest BCUT2D eigenvalue weighted by Gasteiger charge is 2.28. The number of hydrogen-bond donors (Lipinski definition) is 1. The Hall–Kier alpha value is -0.900. The lowest BCUT2D eigenvalue weighted by Crippen LogP contribution is -2.20. The van der Waals surface area contributed by atoms with Gasteiger partial charge in [-0.3, -0.25) is 4.79 Å². The third-order valence-corrected chi connectivity index (χ3v) is 2.69. The minimum absolute atomic E-state index is 0.166. The first kappa shape index (κ1) is 11.2. The van der Waals surface area contributed by atoms with Crippen molar-refractivity contribution in [2.75, 3.05) is 6.61 Å². The first-order valence-electron chi connectivity index (χ1n) is 3.99. The van der Waals surface area contributed by atoms with Gasteiger partial charge in [-0.25, -0.2) is 8.42 Å². The molecule has 78 valence electrons. The summed E-state index contributed by atoms with van der Waals surface area (Å²) in [6, 6.07) is 0. The fourth-order valence-electron chi connectivity index (χ4n) is 1.13. The highest BCUT2D eigenvalue weighted by Crippen LogP contribution is 2.15. The summed E-state index contributed by atoms with van der Waals surface area (Å²) in [5.74, 6) is 2.14. The van der Waals surface area contributed by atoms with Crippen molar-refractivity contribution < 1.29 is 22.7 Å². The molecule has 1 saturated heterocycles. The summed E-state index contributed by atoms with van der Waals surface area (Å²) in [7, 11) is -2.66. The first-order chi connectivity index (χ1) is 6.67. The molecular weight excluding hydrogens is 208 g/mol. The van der Waals surface area contributed by atoms with E-state index in [1.807, 2.05) is 0 Å². The van der Waals surface area contributed by atoms with Crippen molar-refractivity contribution in [1.82, 2.24) is 0 Å². The maximum atomic E-state index is 10.6. The molecule has 5 nitrogen and oxygen atoms in total. The summed E-state index contributed by atoms with van der Waals surface area (Å²) in [5, 5.41) is -0.857. The molecule has 0 spiro atoms. The molecule has 0 aromatic heterocycles. The van der Waals surface area contributed by atoms with E-state index in [0.29, 0.717) is 6.29 Å². The van der Waals surface area contributed by atoms with Crippen LogP contribution in [-0.2, 0) is 25.0 Å². The second-order valence-corrected chi connectivity index (χ2v) is 3.99. The summed E-state index contributed by atoms with van der Waals surface area (Å²) < 4.78 is 31.1. The van der Waals surface area contributed by atoms with Gasteiger partial charge < -0.3 is 9.47 Å². The lowest BCUT2D eigenvalue weighted by Gasteiger charge is -2.08. The number of ether oxygens (including phenoxy) is 2. The number of rotatable bonds is 4. The molecular formula is C8H10O5S. The zero-order valence-corrected chi connectivity index (χ0v) is 8.18. The van der Waals surface area contributed by atoms with Gasteiger partial charge in [0, 0.05) is 6.42 Å². The molecule has 1 aliphatic rings. The molecule has 0 bridgehead atoms. The summed E-state index contributed by atoms with van der Waals surface area (Å²) >= 11 is 0. The zero-order valence-electron chi connectivity index (χ0n) is 7.29. The molecule has 0 aromatic rings. The van der Waals surface area contributed by atoms with Crippen molar-refractivity contribution in [3.63, 3.8) is 0 Å². The van der Waals surface area contributed by atoms with Crippen LogP contribution in [0.2, 0.25) is 0 Å². The molecule has 0 radical (unpaired) electrons. The second kappa shape index (κ2) is 5.10. The Morgan fingerprint density at radius 3 is 2.79 bits per heavy atom. The standard InChI is InChI=1S/C8H10O5S/c1-2-7(14(10)11)3-6-5-12-8(4-9)13-6/h1,4,6-8,14H,3,5H2. The van der Waals surface area contributed by atoms with Gasteiger partial charge >= 0.3 is 0 Å². The molecule has 6 heteroatoms. The molecule has 3 atom stereocenters. The molecule has 0 amide bonds. The summed E-state index contributed by atoms with van der Waals surface area (Å²) in [6.45, 7) is 0.199. The van der Waals surface area contributed by atoms with E-state index in [9.17, 15) is 13.2 Å². The summed E-state index contributed by atoms with van der Waals surface area (Å²) in [4.78, 5) is 10.2. The Balaban J connectivity index is 2.46. The van der Waals surface area contributed by atoms with E-state index in [1.165, 1.54) is 0 Å². The minimum atomic E-state index is -2.66. The molecule has 1 aliphatic heterocycles. The van der Waals surface area contributed by atoms with Crippen LogP contribution < -0.4 is 0 Å². The van der Waals surface area contributed by atoms with Crippen LogP contribution >= 0.6 is 0 Å². The monoisotopic (exact) mass is 218 g/mol. The van der Waals surface area contributed by atoms with Gasteiger partial charge in [-0.2, -0.15) is 0 Å². The maximum Gasteiger partial charge on any atom is 0.215 e. The molecule has 0 N–H and O–H groups in total. The van der Waals surface area contributed by atoms with E-state index in [4.69, 9.17) is 15.9 Å². The van der Waals surface area contributed by atoms with Gasteiger partial charge in [-0.1, -0.05) is 5.92 Å². The number of thiol groups is 1. The predicted molar refractivity (Wildman–Crippen MR) is 48.2 cm³/mol. The topological polar surface area (TPSA) is 69.7 Å². The van der Waals surface area contributed by atoms with E-state index >= 15 is 0 Å². The van der Waals surface area contributed by atoms with E-state index in [2.05, 4.69) is 5.92 Å². The van der Waals surface area contributed by atoms with Crippen molar-refractivity contribution in [3.8, 4) is 12.3 Å². The van der Waals surface area contributed by atoms with Crippen LogP contribution in [0.1, 0.15) is 6.42 Å². The van der Waals surface area contributed by atoms with Crippen LogP contribution in [0.15, 0.2) is 0 Å². The quantitative estimate of drug-likeness (QED) is 0.369. The van der Waals surface area contributed by atoms with Crippen LogP contribution in [0.3, 0.4) is 0 Å². The van der Waals surface area contributed by atoms with E-state index in [0.717, 1.165) is 0 Å². The van der Waals surface area contributed by atoms with Crippen molar-refractivity contribution in [2.45, 2.75) is 24.1 Å². The second-order valence-electron chi connectivity index (χ2n) is 2.80. The molecule has 14 heavy (non-hydrogen) atoms. The fraction of sp³-hybridized carbons (Fsp3) is 0.625. The number of hydrogen-bond acceptors (Lipinski definition) is 5. The van der Waals surface area contributed by atoms with E-state index < -0.39 is 28.3 Å². The van der Waals surface area contributed by atoms with Crippen LogP contribution in [0.4, 0.5) is 0 Å². The molecule has 0 aromatic carbocycles. The lowest BCUT2D eigenvalue weighted by molar-refractivity contribution is -0.133. The molecule has 1 heterocycles. The van der Waals surface area contributed by atoms with Gasteiger partial charge in [0.2, 0.25) is 6.29 Å². The van der Waals surface area contributed by atoms with Gasteiger partial charge in [-0.05, 0) is 0 Å². The molecule has 1 rings (SSSR count). The van der Waals surface area contributed by atoms with Gasteiger partial charge in [0.1, 0.15) is 5.25 Å². The largest absolute Gasteiger partial charge is 0.343 e. The lowest BCUT2D eigenvalue weighted by atomic mass is 10.2. The number of terminal acetylenes is 1. The van der Waals surface area contributed by atoms with Crippen molar-refractivity contribution in [2.24, 2.45) is 0 Å². The Labute approximate surface area is 83.3 Å². The van der Waals surface area contributed by atoms with Crippen LogP contribution in [-0.4, -0.2) is 39.0 Å². The van der Waals surface area contributed by atoms with Gasteiger partial charge in [-0.15, -0.1) is 6.42 Å². The third kappa shape index (κ3) is 2.80. The molecule has 0 saturated carbocycles. The summed E-state index contributed by atoms with van der Waals surface area (Å²) in [6.07, 6.45) is 4.40. The highest BCUT2D eigenvalue weighted by atomic mass is 32.2. The Bertz CT molecular complexity index is 308. The maximum absolute atomic E-state index is 10.6. The Kier molecular flexibility index (Phi) is 4.07.